The van der Waals surface area contributed by atoms with Crippen LogP contribution in [0.1, 0.15) is 29.8 Å². The van der Waals surface area contributed by atoms with Gasteiger partial charge in [0.25, 0.3) is 5.91 Å². The summed E-state index contributed by atoms with van der Waals surface area (Å²) in [5.41, 5.74) is 1.53. The number of carbonyl (C=O) groups is 1. The van der Waals surface area contributed by atoms with E-state index >= 15 is 0 Å². The second kappa shape index (κ2) is 8.92. The van der Waals surface area contributed by atoms with Crippen molar-refractivity contribution in [1.82, 2.24) is 10.3 Å². The van der Waals surface area contributed by atoms with Gasteiger partial charge in [-0.2, -0.15) is 0 Å². The van der Waals surface area contributed by atoms with Crippen molar-refractivity contribution in [2.45, 2.75) is 20.4 Å². The molecule has 0 unspecified atom stereocenters. The molecular formula is C19H25N3O3. The number of benzene rings is 1. The topological polar surface area (TPSA) is 63.7 Å². The van der Waals surface area contributed by atoms with Gasteiger partial charge in [-0.3, -0.25) is 4.79 Å². The zero-order valence-electron chi connectivity index (χ0n) is 15.2. The summed E-state index contributed by atoms with van der Waals surface area (Å²) in [4.78, 5) is 18.9. The van der Waals surface area contributed by atoms with Crippen LogP contribution in [0.2, 0.25) is 0 Å². The molecule has 6 heteroatoms. The molecule has 0 spiro atoms. The van der Waals surface area contributed by atoms with Gasteiger partial charge < -0.3 is 19.7 Å². The summed E-state index contributed by atoms with van der Waals surface area (Å²) >= 11 is 0. The third kappa shape index (κ3) is 4.62. The molecule has 1 N–H and O–H groups in total. The largest absolute Gasteiger partial charge is 0.493 e. The number of methoxy groups -OCH3 is 2. The molecule has 0 aliphatic heterocycles. The van der Waals surface area contributed by atoms with E-state index < -0.39 is 0 Å². The quantitative estimate of drug-likeness (QED) is 0.798. The van der Waals surface area contributed by atoms with E-state index in [1.807, 2.05) is 24.3 Å². The van der Waals surface area contributed by atoms with Crippen molar-refractivity contribution >= 4 is 11.7 Å². The summed E-state index contributed by atoms with van der Waals surface area (Å²) in [5.74, 6) is 1.98. The van der Waals surface area contributed by atoms with Gasteiger partial charge in [-0.15, -0.1) is 0 Å². The van der Waals surface area contributed by atoms with E-state index in [2.05, 4.69) is 29.0 Å². The van der Waals surface area contributed by atoms with Crippen molar-refractivity contribution in [2.75, 3.05) is 32.2 Å². The number of amides is 1. The van der Waals surface area contributed by atoms with E-state index in [1.54, 1.807) is 26.5 Å². The number of nitrogens with one attached hydrogen (secondary N) is 1. The van der Waals surface area contributed by atoms with E-state index in [0.29, 0.717) is 23.6 Å². The average Bonchev–Trinajstić information content (AvgIpc) is 2.67. The van der Waals surface area contributed by atoms with Crippen LogP contribution >= 0.6 is 0 Å². The van der Waals surface area contributed by atoms with Gasteiger partial charge in [0.2, 0.25) is 0 Å². The van der Waals surface area contributed by atoms with Crippen molar-refractivity contribution in [3.63, 3.8) is 0 Å². The van der Waals surface area contributed by atoms with E-state index in [1.165, 1.54) is 0 Å². The van der Waals surface area contributed by atoms with Gasteiger partial charge in [0, 0.05) is 31.4 Å². The molecule has 1 amide bonds. The monoisotopic (exact) mass is 343 g/mol. The lowest BCUT2D eigenvalue weighted by Gasteiger charge is -2.20. The summed E-state index contributed by atoms with van der Waals surface area (Å²) in [5, 5.41) is 2.92. The maximum absolute atomic E-state index is 12.4. The van der Waals surface area contributed by atoms with Crippen LogP contribution in [-0.2, 0) is 6.54 Å². The summed E-state index contributed by atoms with van der Waals surface area (Å²) in [6.45, 7) is 6.23. The van der Waals surface area contributed by atoms with Crippen molar-refractivity contribution in [1.29, 1.82) is 0 Å². The molecule has 1 aromatic heterocycles. The molecule has 0 saturated heterocycles. The average molecular weight is 343 g/mol. The standard InChI is InChI=1S/C19H25N3O3/c1-5-22(6-2)18-12-15(9-10-20-18)19(23)21-13-14-7-8-16(24-3)17(11-14)25-4/h7-12H,5-6,13H2,1-4H3,(H,21,23). The number of anilines is 1. The fourth-order valence-corrected chi connectivity index (χ4v) is 2.56. The molecule has 0 fully saturated rings. The highest BCUT2D eigenvalue weighted by molar-refractivity contribution is 5.94. The SMILES string of the molecule is CCN(CC)c1cc(C(=O)NCc2ccc(OC)c(OC)c2)ccn1. The Bertz CT molecular complexity index is 715. The molecule has 0 aliphatic carbocycles. The highest BCUT2D eigenvalue weighted by atomic mass is 16.5. The third-order valence-electron chi connectivity index (χ3n) is 4.00. The van der Waals surface area contributed by atoms with Crippen molar-refractivity contribution in [3.05, 3.63) is 47.7 Å². The lowest BCUT2D eigenvalue weighted by atomic mass is 10.2. The summed E-state index contributed by atoms with van der Waals surface area (Å²) in [6.07, 6.45) is 1.67. The van der Waals surface area contributed by atoms with Gasteiger partial charge in [-0.1, -0.05) is 6.07 Å². The van der Waals surface area contributed by atoms with Gasteiger partial charge >= 0.3 is 0 Å². The van der Waals surface area contributed by atoms with Crippen molar-refractivity contribution in [2.24, 2.45) is 0 Å². The molecule has 0 radical (unpaired) electrons. The second-order valence-corrected chi connectivity index (χ2v) is 5.45. The minimum absolute atomic E-state index is 0.134. The molecule has 2 aromatic rings. The predicted octanol–water partition coefficient (Wildman–Crippen LogP) is 2.88. The summed E-state index contributed by atoms with van der Waals surface area (Å²) < 4.78 is 10.5. The number of rotatable bonds is 8. The minimum Gasteiger partial charge on any atom is -0.493 e. The number of pyridine rings is 1. The number of aromatic nitrogens is 1. The molecule has 134 valence electrons. The van der Waals surface area contributed by atoms with Crippen LogP contribution in [0.5, 0.6) is 11.5 Å². The molecule has 1 heterocycles. The Morgan fingerprint density at radius 2 is 1.80 bits per heavy atom. The van der Waals surface area contributed by atoms with Gasteiger partial charge in [0.15, 0.2) is 11.5 Å². The second-order valence-electron chi connectivity index (χ2n) is 5.45. The predicted molar refractivity (Wildman–Crippen MR) is 98.5 cm³/mol. The normalized spacial score (nSPS) is 10.2. The first kappa shape index (κ1) is 18.6. The van der Waals surface area contributed by atoms with Gasteiger partial charge in [-0.25, -0.2) is 4.98 Å². The first-order valence-electron chi connectivity index (χ1n) is 8.33. The number of hydrogen-bond acceptors (Lipinski definition) is 5. The Morgan fingerprint density at radius 3 is 2.44 bits per heavy atom. The van der Waals surface area contributed by atoms with Crippen molar-refractivity contribution < 1.29 is 14.3 Å². The number of carbonyl (C=O) groups excluding carboxylic acids is 1. The molecule has 0 aliphatic rings. The first-order valence-corrected chi connectivity index (χ1v) is 8.33. The molecule has 0 atom stereocenters. The van der Waals surface area contributed by atoms with Crippen molar-refractivity contribution in [3.8, 4) is 11.5 Å². The van der Waals surface area contributed by atoms with Gasteiger partial charge in [-0.05, 0) is 43.7 Å². The molecule has 1 aromatic carbocycles. The Labute approximate surface area is 148 Å². The Balaban J connectivity index is 2.06. The lowest BCUT2D eigenvalue weighted by molar-refractivity contribution is 0.0951. The maximum atomic E-state index is 12.4. The zero-order valence-corrected chi connectivity index (χ0v) is 15.2. The number of hydrogen-bond donors (Lipinski definition) is 1. The molecule has 0 saturated carbocycles. The van der Waals surface area contributed by atoms with Gasteiger partial charge in [0.1, 0.15) is 5.82 Å². The number of nitrogens with zero attached hydrogens (tertiary/aromatic N) is 2. The Kier molecular flexibility index (Phi) is 6.62. The first-order chi connectivity index (χ1) is 12.1. The van der Waals surface area contributed by atoms with E-state index in [9.17, 15) is 4.79 Å². The highest BCUT2D eigenvalue weighted by Gasteiger charge is 2.10. The molecule has 2 rings (SSSR count). The van der Waals surface area contributed by atoms with E-state index in [0.717, 1.165) is 24.5 Å². The smallest absolute Gasteiger partial charge is 0.251 e. The Morgan fingerprint density at radius 1 is 1.08 bits per heavy atom. The molecule has 0 bridgehead atoms. The third-order valence-corrected chi connectivity index (χ3v) is 4.00. The zero-order chi connectivity index (χ0) is 18.2. The lowest BCUT2D eigenvalue weighted by Crippen LogP contribution is -2.25. The minimum atomic E-state index is -0.134. The van der Waals surface area contributed by atoms with Crippen LogP contribution in [0.3, 0.4) is 0 Å². The molecule has 25 heavy (non-hydrogen) atoms. The highest BCUT2D eigenvalue weighted by Crippen LogP contribution is 2.27. The van der Waals surface area contributed by atoms with Crippen LogP contribution in [0.25, 0.3) is 0 Å². The summed E-state index contributed by atoms with van der Waals surface area (Å²) in [6, 6.07) is 9.11. The number of ether oxygens (including phenoxy) is 2. The molecule has 6 nitrogen and oxygen atoms in total. The van der Waals surface area contributed by atoms with E-state index in [4.69, 9.17) is 9.47 Å². The fraction of sp³-hybridized carbons (Fsp3) is 0.368. The summed E-state index contributed by atoms with van der Waals surface area (Å²) in [7, 11) is 3.18. The van der Waals surface area contributed by atoms with Crippen LogP contribution in [0, 0.1) is 0 Å². The maximum Gasteiger partial charge on any atom is 0.251 e. The van der Waals surface area contributed by atoms with Crippen LogP contribution in [-0.4, -0.2) is 38.2 Å². The Hall–Kier alpha value is -2.76. The van der Waals surface area contributed by atoms with Gasteiger partial charge in [0.05, 0.1) is 14.2 Å². The van der Waals surface area contributed by atoms with E-state index in [-0.39, 0.29) is 5.91 Å². The molecular weight excluding hydrogens is 318 g/mol. The van der Waals surface area contributed by atoms with Crippen LogP contribution < -0.4 is 19.7 Å². The van der Waals surface area contributed by atoms with Crippen LogP contribution in [0.4, 0.5) is 5.82 Å². The fourth-order valence-electron chi connectivity index (χ4n) is 2.56. The van der Waals surface area contributed by atoms with Crippen LogP contribution in [0.15, 0.2) is 36.5 Å².